The zero-order valence-electron chi connectivity index (χ0n) is 14.2. The van der Waals surface area contributed by atoms with Crippen molar-refractivity contribution in [3.8, 4) is 5.75 Å². The van der Waals surface area contributed by atoms with Crippen LogP contribution in [0, 0.1) is 6.92 Å². The second-order valence-electron chi connectivity index (χ2n) is 5.93. The Morgan fingerprint density at radius 1 is 1.16 bits per heavy atom. The normalized spacial score (nSPS) is 16.0. The van der Waals surface area contributed by atoms with Gasteiger partial charge in [-0.15, -0.1) is 0 Å². The van der Waals surface area contributed by atoms with Gasteiger partial charge < -0.3 is 14.6 Å². The molecule has 1 saturated heterocycles. The SMILES string of the molecule is COc1ccc(S(=O)(=O)N2CCN(C(=O)c3cc[nH]c3)CC2)cc1C. The Hall–Kier alpha value is -2.32. The molecule has 0 bridgehead atoms. The summed E-state index contributed by atoms with van der Waals surface area (Å²) in [7, 11) is -2.03. The summed E-state index contributed by atoms with van der Waals surface area (Å²) in [6, 6.07) is 6.55. The minimum atomic E-state index is -3.58. The predicted octanol–water partition coefficient (Wildman–Crippen LogP) is 1.48. The van der Waals surface area contributed by atoms with E-state index in [-0.39, 0.29) is 23.9 Å². The van der Waals surface area contributed by atoms with Crippen molar-refractivity contribution in [3.05, 3.63) is 47.8 Å². The van der Waals surface area contributed by atoms with Gasteiger partial charge in [0.1, 0.15) is 5.75 Å². The molecule has 1 N–H and O–H groups in total. The molecule has 2 heterocycles. The molecule has 1 fully saturated rings. The highest BCUT2D eigenvalue weighted by molar-refractivity contribution is 7.89. The number of hydrogen-bond donors (Lipinski definition) is 1. The van der Waals surface area contributed by atoms with Crippen molar-refractivity contribution in [3.63, 3.8) is 0 Å². The number of H-pyrrole nitrogens is 1. The number of methoxy groups -OCH3 is 1. The highest BCUT2D eigenvalue weighted by Gasteiger charge is 2.30. The Morgan fingerprint density at radius 2 is 1.88 bits per heavy atom. The van der Waals surface area contributed by atoms with Crippen LogP contribution in [0.1, 0.15) is 15.9 Å². The molecule has 1 aromatic heterocycles. The lowest BCUT2D eigenvalue weighted by Gasteiger charge is -2.34. The molecule has 1 amide bonds. The molecule has 1 aliphatic heterocycles. The molecule has 25 heavy (non-hydrogen) atoms. The number of aromatic amines is 1. The van der Waals surface area contributed by atoms with Crippen molar-refractivity contribution in [2.24, 2.45) is 0 Å². The fraction of sp³-hybridized carbons (Fsp3) is 0.353. The van der Waals surface area contributed by atoms with Gasteiger partial charge in [0.05, 0.1) is 17.6 Å². The number of benzene rings is 1. The van der Waals surface area contributed by atoms with Gasteiger partial charge in [-0.25, -0.2) is 8.42 Å². The number of rotatable bonds is 4. The van der Waals surface area contributed by atoms with Crippen LogP contribution in [0.25, 0.3) is 0 Å². The van der Waals surface area contributed by atoms with Crippen molar-refractivity contribution in [2.45, 2.75) is 11.8 Å². The number of sulfonamides is 1. The van der Waals surface area contributed by atoms with E-state index in [4.69, 9.17) is 4.74 Å². The lowest BCUT2D eigenvalue weighted by atomic mass is 10.2. The Balaban J connectivity index is 1.71. The Bertz CT molecular complexity index is 854. The first kappa shape index (κ1) is 17.5. The van der Waals surface area contributed by atoms with Gasteiger partial charge in [-0.05, 0) is 36.8 Å². The molecule has 0 spiro atoms. The second kappa shape index (κ2) is 6.89. The third-order valence-corrected chi connectivity index (χ3v) is 6.27. The van der Waals surface area contributed by atoms with Crippen LogP contribution in [0.2, 0.25) is 0 Å². The Labute approximate surface area is 147 Å². The summed E-state index contributed by atoms with van der Waals surface area (Å²) in [4.78, 5) is 17.1. The van der Waals surface area contributed by atoms with Crippen molar-refractivity contribution >= 4 is 15.9 Å². The van der Waals surface area contributed by atoms with Gasteiger partial charge in [0.15, 0.2) is 0 Å². The summed E-state index contributed by atoms with van der Waals surface area (Å²) in [6.07, 6.45) is 3.34. The first-order valence-electron chi connectivity index (χ1n) is 8.00. The van der Waals surface area contributed by atoms with Crippen molar-refractivity contribution < 1.29 is 17.9 Å². The smallest absolute Gasteiger partial charge is 0.255 e. The van der Waals surface area contributed by atoms with Crippen LogP contribution in [0.3, 0.4) is 0 Å². The molecular weight excluding hydrogens is 342 g/mol. The van der Waals surface area contributed by atoms with Crippen molar-refractivity contribution in [2.75, 3.05) is 33.3 Å². The van der Waals surface area contributed by atoms with E-state index in [2.05, 4.69) is 4.98 Å². The topological polar surface area (TPSA) is 82.7 Å². The fourth-order valence-corrected chi connectivity index (χ4v) is 4.44. The van der Waals surface area contributed by atoms with E-state index in [9.17, 15) is 13.2 Å². The van der Waals surface area contributed by atoms with Crippen LogP contribution < -0.4 is 4.74 Å². The summed E-state index contributed by atoms with van der Waals surface area (Å²) in [5.41, 5.74) is 1.35. The molecule has 0 aliphatic carbocycles. The molecule has 8 heteroatoms. The van der Waals surface area contributed by atoms with Crippen LogP contribution in [-0.2, 0) is 10.0 Å². The van der Waals surface area contributed by atoms with Crippen LogP contribution in [0.4, 0.5) is 0 Å². The number of aryl methyl sites for hydroxylation is 1. The van der Waals surface area contributed by atoms with E-state index >= 15 is 0 Å². The van der Waals surface area contributed by atoms with E-state index < -0.39 is 10.0 Å². The van der Waals surface area contributed by atoms with Gasteiger partial charge in [-0.1, -0.05) is 0 Å². The molecule has 0 radical (unpaired) electrons. The summed E-state index contributed by atoms with van der Waals surface area (Å²) >= 11 is 0. The van der Waals surface area contributed by atoms with Gasteiger partial charge >= 0.3 is 0 Å². The van der Waals surface area contributed by atoms with Crippen molar-refractivity contribution in [1.82, 2.24) is 14.2 Å². The number of carbonyl (C=O) groups excluding carboxylic acids is 1. The fourth-order valence-electron chi connectivity index (χ4n) is 2.93. The molecule has 134 valence electrons. The summed E-state index contributed by atoms with van der Waals surface area (Å²) < 4.78 is 32.2. The Morgan fingerprint density at radius 3 is 2.44 bits per heavy atom. The third-order valence-electron chi connectivity index (χ3n) is 4.37. The maximum Gasteiger partial charge on any atom is 0.255 e. The van der Waals surface area contributed by atoms with E-state index in [1.54, 1.807) is 48.7 Å². The number of nitrogens with one attached hydrogen (secondary N) is 1. The number of hydrogen-bond acceptors (Lipinski definition) is 4. The van der Waals surface area contributed by atoms with Gasteiger partial charge in [-0.3, -0.25) is 4.79 Å². The van der Waals surface area contributed by atoms with E-state index in [0.29, 0.717) is 24.4 Å². The third kappa shape index (κ3) is 3.40. The van der Waals surface area contributed by atoms with E-state index in [1.165, 1.54) is 4.31 Å². The highest BCUT2D eigenvalue weighted by atomic mass is 32.2. The quantitative estimate of drug-likeness (QED) is 0.892. The zero-order chi connectivity index (χ0) is 18.0. The number of piperazine rings is 1. The Kier molecular flexibility index (Phi) is 4.82. The molecule has 3 rings (SSSR count). The molecule has 0 saturated carbocycles. The number of carbonyl (C=O) groups is 1. The molecule has 0 unspecified atom stereocenters. The van der Waals surface area contributed by atoms with E-state index in [0.717, 1.165) is 5.56 Å². The average molecular weight is 363 g/mol. The van der Waals surface area contributed by atoms with Crippen LogP contribution in [0.15, 0.2) is 41.6 Å². The summed E-state index contributed by atoms with van der Waals surface area (Å²) in [5.74, 6) is 0.569. The lowest BCUT2D eigenvalue weighted by Crippen LogP contribution is -2.50. The molecule has 0 atom stereocenters. The van der Waals surface area contributed by atoms with Crippen molar-refractivity contribution in [1.29, 1.82) is 0 Å². The van der Waals surface area contributed by atoms with E-state index in [1.807, 2.05) is 6.92 Å². The summed E-state index contributed by atoms with van der Waals surface area (Å²) in [5, 5.41) is 0. The molecule has 1 aliphatic rings. The first-order chi connectivity index (χ1) is 11.9. The van der Waals surface area contributed by atoms with Crippen LogP contribution >= 0.6 is 0 Å². The molecule has 7 nitrogen and oxygen atoms in total. The van der Waals surface area contributed by atoms with Crippen LogP contribution in [0.5, 0.6) is 5.75 Å². The van der Waals surface area contributed by atoms with Gasteiger partial charge in [0.2, 0.25) is 10.0 Å². The van der Waals surface area contributed by atoms with Crippen LogP contribution in [-0.4, -0.2) is 61.8 Å². The maximum atomic E-state index is 12.8. The number of nitrogens with zero attached hydrogens (tertiary/aromatic N) is 2. The predicted molar refractivity (Wildman–Crippen MR) is 93.2 cm³/mol. The summed E-state index contributed by atoms with van der Waals surface area (Å²) in [6.45, 7) is 3.12. The average Bonchev–Trinajstić information content (AvgIpc) is 3.15. The standard InChI is InChI=1S/C17H21N3O4S/c1-13-11-15(3-4-16(13)24-2)25(22,23)20-9-7-19(8-10-20)17(21)14-5-6-18-12-14/h3-6,11-12,18H,7-10H2,1-2H3. The number of ether oxygens (including phenoxy) is 1. The molecular formula is C17H21N3O4S. The minimum absolute atomic E-state index is 0.0846. The zero-order valence-corrected chi connectivity index (χ0v) is 15.0. The lowest BCUT2D eigenvalue weighted by molar-refractivity contribution is 0.0698. The number of aromatic nitrogens is 1. The van der Waals surface area contributed by atoms with Gasteiger partial charge in [-0.2, -0.15) is 4.31 Å². The van der Waals surface area contributed by atoms with Gasteiger partial charge in [0, 0.05) is 38.6 Å². The first-order valence-corrected chi connectivity index (χ1v) is 9.44. The van der Waals surface area contributed by atoms with Gasteiger partial charge in [0.25, 0.3) is 5.91 Å². The maximum absolute atomic E-state index is 12.8. The highest BCUT2D eigenvalue weighted by Crippen LogP contribution is 2.24. The molecule has 2 aromatic rings. The molecule has 1 aromatic carbocycles. The largest absolute Gasteiger partial charge is 0.496 e. The minimum Gasteiger partial charge on any atom is -0.496 e. The second-order valence-corrected chi connectivity index (χ2v) is 7.87. The number of amides is 1. The monoisotopic (exact) mass is 363 g/mol.